The largest absolute Gasteiger partial charge is 0.497 e. The number of nitrogens with zero attached hydrogens (tertiary/aromatic N) is 1. The summed E-state index contributed by atoms with van der Waals surface area (Å²) < 4.78 is 10.5. The molecule has 1 saturated heterocycles. The van der Waals surface area contributed by atoms with E-state index in [2.05, 4.69) is 41.4 Å². The van der Waals surface area contributed by atoms with Gasteiger partial charge in [-0.15, -0.1) is 0 Å². The molecular formula is C23H30N2O3. The lowest BCUT2D eigenvalue weighted by Crippen LogP contribution is -2.34. The molecule has 0 unspecified atom stereocenters. The van der Waals surface area contributed by atoms with Crippen molar-refractivity contribution in [1.29, 1.82) is 0 Å². The molecule has 1 fully saturated rings. The molecule has 2 aromatic rings. The lowest BCUT2D eigenvalue weighted by molar-refractivity contribution is 0.0939. The second kappa shape index (κ2) is 9.00. The Kier molecular flexibility index (Phi) is 6.45. The molecule has 150 valence electrons. The highest BCUT2D eigenvalue weighted by Gasteiger charge is 2.18. The van der Waals surface area contributed by atoms with Gasteiger partial charge in [-0.25, -0.2) is 0 Å². The molecule has 0 bridgehead atoms. The van der Waals surface area contributed by atoms with Gasteiger partial charge in [-0.2, -0.15) is 0 Å². The van der Waals surface area contributed by atoms with Crippen molar-refractivity contribution in [2.45, 2.75) is 32.7 Å². The van der Waals surface area contributed by atoms with Crippen molar-refractivity contribution in [2.24, 2.45) is 5.92 Å². The molecule has 2 atom stereocenters. The van der Waals surface area contributed by atoms with E-state index in [0.717, 1.165) is 24.6 Å². The predicted molar refractivity (Wildman–Crippen MR) is 112 cm³/mol. The van der Waals surface area contributed by atoms with E-state index in [4.69, 9.17) is 9.47 Å². The number of ether oxygens (including phenoxy) is 2. The second-order valence-electron chi connectivity index (χ2n) is 7.58. The zero-order valence-electron chi connectivity index (χ0n) is 17.2. The molecule has 1 amide bonds. The Morgan fingerprint density at radius 3 is 2.32 bits per heavy atom. The van der Waals surface area contributed by atoms with Crippen LogP contribution in [0.4, 0.5) is 5.69 Å². The first-order valence-electron chi connectivity index (χ1n) is 9.89. The minimum Gasteiger partial charge on any atom is -0.497 e. The number of carbonyl (C=O) groups excluding carboxylic acids is 1. The maximum absolute atomic E-state index is 12.7. The summed E-state index contributed by atoms with van der Waals surface area (Å²) in [4.78, 5) is 15.1. The highest BCUT2D eigenvalue weighted by molar-refractivity contribution is 5.95. The number of piperidine rings is 1. The molecule has 3 rings (SSSR count). The molecule has 0 aromatic heterocycles. The molecule has 5 heteroatoms. The molecule has 1 heterocycles. The molecule has 28 heavy (non-hydrogen) atoms. The highest BCUT2D eigenvalue weighted by atomic mass is 16.5. The number of benzene rings is 2. The highest BCUT2D eigenvalue weighted by Crippen LogP contribution is 2.26. The number of carbonyl (C=O) groups is 1. The Balaban J connectivity index is 1.67. The molecule has 1 N–H and O–H groups in total. The molecule has 2 aromatic carbocycles. The second-order valence-corrected chi connectivity index (χ2v) is 7.58. The standard InChI is InChI=1S/C23H30N2O3/c1-16-6-5-11-25(15-16)20-9-7-18(8-10-20)17(2)24-23(26)19-12-21(27-3)14-22(13-19)28-4/h7-10,12-14,16-17H,5-6,11,15H2,1-4H3,(H,24,26)/t16-,17-/m1/s1. The van der Waals surface area contributed by atoms with Gasteiger partial charge in [0.25, 0.3) is 5.91 Å². The van der Waals surface area contributed by atoms with Crippen molar-refractivity contribution >= 4 is 11.6 Å². The Morgan fingerprint density at radius 2 is 1.75 bits per heavy atom. The summed E-state index contributed by atoms with van der Waals surface area (Å²) in [6.45, 7) is 6.54. The zero-order chi connectivity index (χ0) is 20.1. The van der Waals surface area contributed by atoms with E-state index >= 15 is 0 Å². The first kappa shape index (κ1) is 20.1. The average molecular weight is 383 g/mol. The van der Waals surface area contributed by atoms with E-state index in [0.29, 0.717) is 17.1 Å². The third kappa shape index (κ3) is 4.77. The van der Waals surface area contributed by atoms with Crippen LogP contribution in [0.15, 0.2) is 42.5 Å². The predicted octanol–water partition coefficient (Wildman–Crippen LogP) is 4.43. The van der Waals surface area contributed by atoms with E-state index in [1.165, 1.54) is 18.5 Å². The maximum atomic E-state index is 12.7. The topological polar surface area (TPSA) is 50.8 Å². The normalized spacial score (nSPS) is 17.7. The van der Waals surface area contributed by atoms with Gasteiger partial charge in [0.15, 0.2) is 0 Å². The minimum absolute atomic E-state index is 0.0981. The monoisotopic (exact) mass is 382 g/mol. The first-order chi connectivity index (χ1) is 13.5. The summed E-state index contributed by atoms with van der Waals surface area (Å²) >= 11 is 0. The SMILES string of the molecule is COc1cc(OC)cc(C(=O)N[C@H](C)c2ccc(N3CCC[C@@H](C)C3)cc2)c1. The molecule has 0 aliphatic carbocycles. The van der Waals surface area contributed by atoms with Crippen LogP contribution >= 0.6 is 0 Å². The molecule has 1 aliphatic heterocycles. The number of methoxy groups -OCH3 is 2. The van der Waals surface area contributed by atoms with Crippen LogP contribution < -0.4 is 19.7 Å². The lowest BCUT2D eigenvalue weighted by Gasteiger charge is -2.33. The smallest absolute Gasteiger partial charge is 0.252 e. The molecular weight excluding hydrogens is 352 g/mol. The summed E-state index contributed by atoms with van der Waals surface area (Å²) in [6, 6.07) is 13.6. The van der Waals surface area contributed by atoms with Gasteiger partial charge in [0.2, 0.25) is 0 Å². The molecule has 5 nitrogen and oxygen atoms in total. The van der Waals surface area contributed by atoms with Gasteiger partial charge in [-0.3, -0.25) is 4.79 Å². The van der Waals surface area contributed by atoms with E-state index in [1.54, 1.807) is 32.4 Å². The number of rotatable bonds is 6. The van der Waals surface area contributed by atoms with Gasteiger partial charge in [-0.05, 0) is 55.5 Å². The van der Waals surface area contributed by atoms with E-state index in [9.17, 15) is 4.79 Å². The molecule has 0 spiro atoms. The molecule has 0 saturated carbocycles. The number of hydrogen-bond donors (Lipinski definition) is 1. The van der Waals surface area contributed by atoms with Gasteiger partial charge in [0, 0.05) is 30.4 Å². The average Bonchev–Trinajstić information content (AvgIpc) is 2.73. The molecule has 0 radical (unpaired) electrons. The van der Waals surface area contributed by atoms with Crippen molar-refractivity contribution in [2.75, 3.05) is 32.2 Å². The van der Waals surface area contributed by atoms with Gasteiger partial charge < -0.3 is 19.7 Å². The summed E-state index contributed by atoms with van der Waals surface area (Å²) in [5.74, 6) is 1.78. The number of anilines is 1. The number of hydrogen-bond acceptors (Lipinski definition) is 4. The van der Waals surface area contributed by atoms with E-state index in [-0.39, 0.29) is 11.9 Å². The third-order valence-corrected chi connectivity index (χ3v) is 5.38. The van der Waals surface area contributed by atoms with Crippen molar-refractivity contribution < 1.29 is 14.3 Å². The van der Waals surface area contributed by atoms with Crippen LogP contribution in [0.1, 0.15) is 48.7 Å². The van der Waals surface area contributed by atoms with Crippen LogP contribution in [0, 0.1) is 5.92 Å². The van der Waals surface area contributed by atoms with Crippen molar-refractivity contribution in [3.63, 3.8) is 0 Å². The fraction of sp³-hybridized carbons (Fsp3) is 0.435. The van der Waals surface area contributed by atoms with Gasteiger partial charge in [0.05, 0.1) is 20.3 Å². The van der Waals surface area contributed by atoms with Gasteiger partial charge in [-0.1, -0.05) is 19.1 Å². The van der Waals surface area contributed by atoms with Crippen LogP contribution in [0.25, 0.3) is 0 Å². The number of nitrogens with one attached hydrogen (secondary N) is 1. The zero-order valence-corrected chi connectivity index (χ0v) is 17.2. The van der Waals surface area contributed by atoms with Crippen LogP contribution in [-0.2, 0) is 0 Å². The van der Waals surface area contributed by atoms with Gasteiger partial charge in [0.1, 0.15) is 11.5 Å². The fourth-order valence-corrected chi connectivity index (χ4v) is 3.70. The Morgan fingerprint density at radius 1 is 1.11 bits per heavy atom. The summed E-state index contributed by atoms with van der Waals surface area (Å²) in [7, 11) is 3.15. The summed E-state index contributed by atoms with van der Waals surface area (Å²) in [5, 5.41) is 3.06. The quantitative estimate of drug-likeness (QED) is 0.803. The van der Waals surface area contributed by atoms with Crippen LogP contribution in [0.3, 0.4) is 0 Å². The Bertz CT molecular complexity index is 782. The van der Waals surface area contributed by atoms with E-state index in [1.807, 2.05) is 6.92 Å². The van der Waals surface area contributed by atoms with Gasteiger partial charge >= 0.3 is 0 Å². The van der Waals surface area contributed by atoms with Crippen LogP contribution in [0.5, 0.6) is 11.5 Å². The van der Waals surface area contributed by atoms with Crippen molar-refractivity contribution in [1.82, 2.24) is 5.32 Å². The fourth-order valence-electron chi connectivity index (χ4n) is 3.70. The maximum Gasteiger partial charge on any atom is 0.252 e. The van der Waals surface area contributed by atoms with Crippen LogP contribution in [-0.4, -0.2) is 33.2 Å². The Hall–Kier alpha value is -2.69. The molecule has 1 aliphatic rings. The lowest BCUT2D eigenvalue weighted by atomic mass is 9.99. The third-order valence-electron chi connectivity index (χ3n) is 5.38. The Labute approximate surface area is 167 Å². The summed E-state index contributed by atoms with van der Waals surface area (Å²) in [6.07, 6.45) is 2.56. The minimum atomic E-state index is -0.154. The van der Waals surface area contributed by atoms with Crippen LogP contribution in [0.2, 0.25) is 0 Å². The number of amides is 1. The van der Waals surface area contributed by atoms with E-state index < -0.39 is 0 Å². The first-order valence-corrected chi connectivity index (χ1v) is 9.89. The van der Waals surface area contributed by atoms with Crippen molar-refractivity contribution in [3.05, 3.63) is 53.6 Å². The van der Waals surface area contributed by atoms with Crippen molar-refractivity contribution in [3.8, 4) is 11.5 Å². The summed E-state index contributed by atoms with van der Waals surface area (Å²) in [5.41, 5.74) is 2.85.